The van der Waals surface area contributed by atoms with Crippen molar-refractivity contribution in [1.29, 1.82) is 0 Å². The van der Waals surface area contributed by atoms with Gasteiger partial charge in [0, 0.05) is 0 Å². The van der Waals surface area contributed by atoms with E-state index in [1.807, 2.05) is 26.0 Å². The zero-order chi connectivity index (χ0) is 14.2. The lowest BCUT2D eigenvalue weighted by Crippen LogP contribution is -2.13. The predicted octanol–water partition coefficient (Wildman–Crippen LogP) is 4.47. The first-order valence-electron chi connectivity index (χ1n) is 5.34. The summed E-state index contributed by atoms with van der Waals surface area (Å²) in [6.45, 7) is 3.73. The summed E-state index contributed by atoms with van der Waals surface area (Å²) >= 11 is 12.7. The van der Waals surface area contributed by atoms with Crippen molar-refractivity contribution >= 4 is 50.2 Å². The molecular weight excluding hydrogens is 325 g/mol. The predicted molar refractivity (Wildman–Crippen MR) is 81.1 cm³/mol. The molecule has 7 heteroatoms. The Morgan fingerprint density at radius 1 is 1.16 bits per heavy atom. The van der Waals surface area contributed by atoms with Crippen LogP contribution in [0.2, 0.25) is 8.67 Å². The Kier molecular flexibility index (Phi) is 4.11. The molecule has 0 amide bonds. The molecule has 0 aliphatic rings. The number of aryl methyl sites for hydroxylation is 2. The Morgan fingerprint density at radius 2 is 1.84 bits per heavy atom. The Labute approximate surface area is 126 Å². The van der Waals surface area contributed by atoms with Crippen molar-refractivity contribution in [2.45, 2.75) is 18.7 Å². The van der Waals surface area contributed by atoms with Crippen LogP contribution in [0.5, 0.6) is 0 Å². The molecule has 3 nitrogen and oxygen atoms in total. The third-order valence-corrected chi connectivity index (χ3v) is 5.67. The SMILES string of the molecule is Cc1ccc(C)c(NS(=O)(=O)c2cc(Cl)sc2Cl)c1. The molecule has 1 heterocycles. The van der Waals surface area contributed by atoms with E-state index >= 15 is 0 Å². The van der Waals surface area contributed by atoms with E-state index in [0.29, 0.717) is 10.0 Å². The van der Waals surface area contributed by atoms with Crippen molar-refractivity contribution in [2.75, 3.05) is 4.72 Å². The molecule has 2 aromatic rings. The monoisotopic (exact) mass is 335 g/mol. The molecule has 1 aromatic heterocycles. The number of hydrogen-bond donors (Lipinski definition) is 1. The van der Waals surface area contributed by atoms with E-state index in [1.165, 1.54) is 6.07 Å². The summed E-state index contributed by atoms with van der Waals surface area (Å²) in [4.78, 5) is 0.00470. The smallest absolute Gasteiger partial charge is 0.264 e. The van der Waals surface area contributed by atoms with E-state index in [0.717, 1.165) is 22.5 Å². The minimum absolute atomic E-state index is 0.00470. The summed E-state index contributed by atoms with van der Waals surface area (Å²) in [5, 5.41) is 0. The molecule has 0 aliphatic carbocycles. The van der Waals surface area contributed by atoms with Gasteiger partial charge in [-0.25, -0.2) is 8.42 Å². The molecule has 2 rings (SSSR count). The van der Waals surface area contributed by atoms with Gasteiger partial charge in [-0.1, -0.05) is 35.3 Å². The average molecular weight is 336 g/mol. The summed E-state index contributed by atoms with van der Waals surface area (Å²) in [7, 11) is -3.72. The average Bonchev–Trinajstić information content (AvgIpc) is 2.63. The van der Waals surface area contributed by atoms with Crippen LogP contribution in [0.1, 0.15) is 11.1 Å². The Bertz CT molecular complexity index is 723. The zero-order valence-corrected chi connectivity index (χ0v) is 13.3. The Hall–Kier alpha value is -0.750. The third kappa shape index (κ3) is 3.23. The summed E-state index contributed by atoms with van der Waals surface area (Å²) in [5.41, 5.74) is 2.35. The van der Waals surface area contributed by atoms with E-state index in [-0.39, 0.29) is 9.23 Å². The van der Waals surface area contributed by atoms with Crippen molar-refractivity contribution in [3.8, 4) is 0 Å². The van der Waals surface area contributed by atoms with Gasteiger partial charge in [0.15, 0.2) is 0 Å². The molecule has 1 aromatic carbocycles. The molecule has 0 spiro atoms. The molecule has 0 radical (unpaired) electrons. The maximum Gasteiger partial charge on any atom is 0.264 e. The van der Waals surface area contributed by atoms with Crippen LogP contribution in [0.15, 0.2) is 29.2 Å². The molecule has 0 aliphatic heterocycles. The summed E-state index contributed by atoms with van der Waals surface area (Å²) < 4.78 is 27.5. The quantitative estimate of drug-likeness (QED) is 0.899. The number of rotatable bonds is 3. The highest BCUT2D eigenvalue weighted by atomic mass is 35.5. The number of nitrogens with one attached hydrogen (secondary N) is 1. The lowest BCUT2D eigenvalue weighted by atomic mass is 10.1. The third-order valence-electron chi connectivity index (χ3n) is 2.55. The van der Waals surface area contributed by atoms with Gasteiger partial charge in [0.2, 0.25) is 0 Å². The molecule has 19 heavy (non-hydrogen) atoms. The van der Waals surface area contributed by atoms with Crippen molar-refractivity contribution < 1.29 is 8.42 Å². The van der Waals surface area contributed by atoms with Crippen molar-refractivity contribution in [1.82, 2.24) is 0 Å². The van der Waals surface area contributed by atoms with E-state index < -0.39 is 10.0 Å². The van der Waals surface area contributed by atoms with Crippen LogP contribution in [-0.4, -0.2) is 8.42 Å². The molecule has 0 unspecified atom stereocenters. The van der Waals surface area contributed by atoms with Gasteiger partial charge in [0.1, 0.15) is 9.23 Å². The van der Waals surface area contributed by atoms with Gasteiger partial charge >= 0.3 is 0 Å². The molecule has 0 saturated heterocycles. The van der Waals surface area contributed by atoms with Gasteiger partial charge < -0.3 is 0 Å². The van der Waals surface area contributed by atoms with Crippen LogP contribution in [-0.2, 0) is 10.0 Å². The van der Waals surface area contributed by atoms with Crippen LogP contribution in [0.25, 0.3) is 0 Å². The van der Waals surface area contributed by atoms with Crippen molar-refractivity contribution in [2.24, 2.45) is 0 Å². The first-order valence-corrected chi connectivity index (χ1v) is 8.40. The highest BCUT2D eigenvalue weighted by molar-refractivity contribution is 7.93. The second kappa shape index (κ2) is 5.32. The standard InChI is InChI=1S/C12H11Cl2NO2S2/c1-7-3-4-8(2)9(5-7)15-19(16,17)10-6-11(13)18-12(10)14/h3-6,15H,1-2H3. The Morgan fingerprint density at radius 3 is 2.42 bits per heavy atom. The lowest BCUT2D eigenvalue weighted by Gasteiger charge is -2.10. The molecule has 0 bridgehead atoms. The van der Waals surface area contributed by atoms with E-state index in [2.05, 4.69) is 4.72 Å². The number of benzene rings is 1. The van der Waals surface area contributed by atoms with Gasteiger partial charge in [0.25, 0.3) is 10.0 Å². The van der Waals surface area contributed by atoms with Crippen molar-refractivity contribution in [3.63, 3.8) is 0 Å². The lowest BCUT2D eigenvalue weighted by molar-refractivity contribution is 0.601. The van der Waals surface area contributed by atoms with Crippen LogP contribution in [0.4, 0.5) is 5.69 Å². The number of sulfonamides is 1. The fourth-order valence-electron chi connectivity index (χ4n) is 1.55. The van der Waals surface area contributed by atoms with Gasteiger partial charge in [-0.05, 0) is 37.1 Å². The molecule has 102 valence electrons. The van der Waals surface area contributed by atoms with Crippen molar-refractivity contribution in [3.05, 3.63) is 44.1 Å². The largest absolute Gasteiger partial charge is 0.279 e. The second-order valence-electron chi connectivity index (χ2n) is 4.11. The first kappa shape index (κ1) is 14.7. The topological polar surface area (TPSA) is 46.2 Å². The summed E-state index contributed by atoms with van der Waals surface area (Å²) in [5.74, 6) is 0. The fraction of sp³-hybridized carbons (Fsp3) is 0.167. The van der Waals surface area contributed by atoms with E-state index in [4.69, 9.17) is 23.2 Å². The number of thiophene rings is 1. The fourth-order valence-corrected chi connectivity index (χ4v) is 4.83. The number of halogens is 2. The van der Waals surface area contributed by atoms with Crippen LogP contribution in [0, 0.1) is 13.8 Å². The number of anilines is 1. The normalized spacial score (nSPS) is 11.6. The minimum atomic E-state index is -3.72. The zero-order valence-electron chi connectivity index (χ0n) is 10.2. The van der Waals surface area contributed by atoms with Gasteiger partial charge in [-0.2, -0.15) is 0 Å². The summed E-state index contributed by atoms with van der Waals surface area (Å²) in [6.07, 6.45) is 0. The second-order valence-corrected chi connectivity index (χ2v) is 8.05. The van der Waals surface area contributed by atoms with Crippen LogP contribution < -0.4 is 4.72 Å². The first-order chi connectivity index (χ1) is 8.79. The molecule has 0 saturated carbocycles. The highest BCUT2D eigenvalue weighted by Gasteiger charge is 2.21. The molecule has 0 fully saturated rings. The molecular formula is C12H11Cl2NO2S2. The minimum Gasteiger partial charge on any atom is -0.279 e. The van der Waals surface area contributed by atoms with E-state index in [9.17, 15) is 8.42 Å². The maximum atomic E-state index is 12.3. The molecule has 0 atom stereocenters. The summed E-state index contributed by atoms with van der Waals surface area (Å²) in [6, 6.07) is 6.90. The van der Waals surface area contributed by atoms with Gasteiger partial charge in [0.05, 0.1) is 10.0 Å². The van der Waals surface area contributed by atoms with E-state index in [1.54, 1.807) is 6.07 Å². The van der Waals surface area contributed by atoms with Gasteiger partial charge in [-0.3, -0.25) is 4.72 Å². The molecule has 1 N–H and O–H groups in total. The van der Waals surface area contributed by atoms with Crippen LogP contribution >= 0.6 is 34.5 Å². The number of hydrogen-bond acceptors (Lipinski definition) is 3. The van der Waals surface area contributed by atoms with Gasteiger partial charge in [-0.15, -0.1) is 11.3 Å². The highest BCUT2D eigenvalue weighted by Crippen LogP contribution is 2.35. The maximum absolute atomic E-state index is 12.3. The van der Waals surface area contributed by atoms with Crippen LogP contribution in [0.3, 0.4) is 0 Å². The Balaban J connectivity index is 2.42.